The molecule has 0 amide bonds. The van der Waals surface area contributed by atoms with Crippen LogP contribution < -0.4 is 10.5 Å². The fraction of sp³-hybridized carbons (Fsp3) is 0.273. The topological polar surface area (TPSA) is 66.0 Å². The van der Waals surface area contributed by atoms with Crippen LogP contribution >= 0.6 is 0 Å². The molecule has 0 aliphatic carbocycles. The second-order valence-electron chi connectivity index (χ2n) is 7.23. The average molecular weight is 360 g/mol. The lowest BCUT2D eigenvalue weighted by atomic mass is 10.1. The van der Waals surface area contributed by atoms with Crippen molar-refractivity contribution in [2.75, 3.05) is 12.8 Å². The number of nitrogens with zero attached hydrogens (tertiary/aromatic N) is 3. The molecule has 0 saturated heterocycles. The summed E-state index contributed by atoms with van der Waals surface area (Å²) in [6.07, 6.45) is 0.680. The molecule has 27 heavy (non-hydrogen) atoms. The number of anilines is 1. The highest BCUT2D eigenvalue weighted by molar-refractivity contribution is 6.06. The summed E-state index contributed by atoms with van der Waals surface area (Å²) in [6, 6.07) is 16.2. The van der Waals surface area contributed by atoms with Crippen LogP contribution in [0.1, 0.15) is 25.2 Å². The second kappa shape index (κ2) is 6.91. The van der Waals surface area contributed by atoms with E-state index in [4.69, 9.17) is 15.5 Å². The number of rotatable bonds is 5. The Labute approximate surface area is 158 Å². The number of ether oxygens (including phenoxy) is 1. The number of hydrogen-bond acceptors (Lipinski definition) is 4. The van der Waals surface area contributed by atoms with Crippen molar-refractivity contribution in [1.82, 2.24) is 14.5 Å². The zero-order valence-electron chi connectivity index (χ0n) is 15.9. The van der Waals surface area contributed by atoms with E-state index in [-0.39, 0.29) is 0 Å². The highest BCUT2D eigenvalue weighted by Crippen LogP contribution is 2.31. The lowest BCUT2D eigenvalue weighted by Crippen LogP contribution is -2.10. The molecule has 0 radical (unpaired) electrons. The van der Waals surface area contributed by atoms with Crippen LogP contribution in [-0.4, -0.2) is 21.6 Å². The summed E-state index contributed by atoms with van der Waals surface area (Å²) in [6.45, 7) is 5.30. The Morgan fingerprint density at radius 3 is 2.56 bits per heavy atom. The minimum Gasteiger partial charge on any atom is -0.496 e. The maximum atomic E-state index is 6.27. The zero-order valence-corrected chi connectivity index (χ0v) is 15.9. The van der Waals surface area contributed by atoms with Crippen molar-refractivity contribution in [3.8, 4) is 5.75 Å². The first kappa shape index (κ1) is 17.3. The highest BCUT2D eigenvalue weighted by Gasteiger charge is 2.19. The molecule has 0 bridgehead atoms. The quantitative estimate of drug-likeness (QED) is 0.572. The molecule has 0 spiro atoms. The third kappa shape index (κ3) is 3.10. The van der Waals surface area contributed by atoms with E-state index in [1.54, 1.807) is 7.11 Å². The molecule has 0 fully saturated rings. The van der Waals surface area contributed by atoms with Gasteiger partial charge in [-0.3, -0.25) is 0 Å². The van der Waals surface area contributed by atoms with Crippen LogP contribution in [0.15, 0.2) is 48.5 Å². The maximum Gasteiger partial charge on any atom is 0.152 e. The van der Waals surface area contributed by atoms with E-state index in [1.165, 1.54) is 0 Å². The van der Waals surface area contributed by atoms with E-state index in [1.807, 2.05) is 36.4 Å². The fourth-order valence-electron chi connectivity index (χ4n) is 3.62. The summed E-state index contributed by atoms with van der Waals surface area (Å²) < 4.78 is 7.83. The van der Waals surface area contributed by atoms with E-state index in [0.717, 1.165) is 45.6 Å². The van der Waals surface area contributed by atoms with E-state index in [9.17, 15) is 0 Å². The number of aromatic nitrogens is 3. The monoisotopic (exact) mass is 360 g/mol. The molecule has 5 nitrogen and oxygen atoms in total. The molecule has 2 aromatic carbocycles. The SMILES string of the molecule is COc1ccccc1Cc1nc2c(N)nc3ccccc3c2n1CC(C)C. The van der Waals surface area contributed by atoms with Crippen LogP contribution in [0.5, 0.6) is 5.75 Å². The summed E-state index contributed by atoms with van der Waals surface area (Å²) in [5, 5.41) is 1.08. The minimum atomic E-state index is 0.479. The van der Waals surface area contributed by atoms with Gasteiger partial charge in [-0.25, -0.2) is 9.97 Å². The number of methoxy groups -OCH3 is 1. The number of nitrogens with two attached hydrogens (primary N) is 1. The van der Waals surface area contributed by atoms with Gasteiger partial charge in [0, 0.05) is 23.9 Å². The number of para-hydroxylation sites is 2. The first-order valence-corrected chi connectivity index (χ1v) is 9.23. The van der Waals surface area contributed by atoms with Gasteiger partial charge in [0.05, 0.1) is 18.1 Å². The van der Waals surface area contributed by atoms with E-state index in [0.29, 0.717) is 18.2 Å². The zero-order chi connectivity index (χ0) is 19.0. The van der Waals surface area contributed by atoms with Crippen molar-refractivity contribution in [2.45, 2.75) is 26.8 Å². The summed E-state index contributed by atoms with van der Waals surface area (Å²) in [4.78, 5) is 9.46. The van der Waals surface area contributed by atoms with Crippen molar-refractivity contribution < 1.29 is 4.74 Å². The van der Waals surface area contributed by atoms with Gasteiger partial charge in [0.15, 0.2) is 5.82 Å². The summed E-state index contributed by atoms with van der Waals surface area (Å²) in [5.41, 5.74) is 10.1. The Morgan fingerprint density at radius 2 is 1.78 bits per heavy atom. The molecule has 138 valence electrons. The molecule has 2 heterocycles. The molecule has 0 aliphatic heterocycles. The van der Waals surface area contributed by atoms with Gasteiger partial charge >= 0.3 is 0 Å². The summed E-state index contributed by atoms with van der Waals surface area (Å²) in [7, 11) is 1.70. The maximum absolute atomic E-state index is 6.27. The molecular weight excluding hydrogens is 336 g/mol. The molecule has 5 heteroatoms. The lowest BCUT2D eigenvalue weighted by Gasteiger charge is -2.14. The van der Waals surface area contributed by atoms with E-state index in [2.05, 4.69) is 35.5 Å². The van der Waals surface area contributed by atoms with Gasteiger partial charge in [0.25, 0.3) is 0 Å². The molecule has 0 unspecified atom stereocenters. The van der Waals surface area contributed by atoms with Gasteiger partial charge in [-0.15, -0.1) is 0 Å². The third-order valence-corrected chi connectivity index (χ3v) is 4.78. The van der Waals surface area contributed by atoms with Crippen LogP contribution in [0.2, 0.25) is 0 Å². The molecule has 4 aromatic rings. The Bertz CT molecular complexity index is 1110. The predicted molar refractivity (Wildman–Crippen MR) is 110 cm³/mol. The van der Waals surface area contributed by atoms with Crippen LogP contribution in [0.25, 0.3) is 21.9 Å². The van der Waals surface area contributed by atoms with Gasteiger partial charge in [0.2, 0.25) is 0 Å². The first-order chi connectivity index (χ1) is 13.1. The van der Waals surface area contributed by atoms with Gasteiger partial charge in [0.1, 0.15) is 17.1 Å². The lowest BCUT2D eigenvalue weighted by molar-refractivity contribution is 0.410. The molecule has 0 aliphatic rings. The molecular formula is C22H24N4O. The van der Waals surface area contributed by atoms with Crippen molar-refractivity contribution in [3.05, 3.63) is 59.9 Å². The highest BCUT2D eigenvalue weighted by atomic mass is 16.5. The molecule has 0 atom stereocenters. The molecule has 2 aromatic heterocycles. The predicted octanol–water partition coefficient (Wildman–Crippen LogP) is 4.42. The number of hydrogen-bond donors (Lipinski definition) is 1. The van der Waals surface area contributed by atoms with Crippen molar-refractivity contribution in [3.63, 3.8) is 0 Å². The largest absolute Gasteiger partial charge is 0.496 e. The Kier molecular flexibility index (Phi) is 4.44. The minimum absolute atomic E-state index is 0.479. The summed E-state index contributed by atoms with van der Waals surface area (Å²) in [5.74, 6) is 2.81. The van der Waals surface area contributed by atoms with E-state index >= 15 is 0 Å². The number of fused-ring (bicyclic) bond motifs is 3. The number of benzene rings is 2. The number of nitrogen functional groups attached to an aromatic ring is 1. The van der Waals surface area contributed by atoms with Crippen molar-refractivity contribution in [1.29, 1.82) is 0 Å². The molecule has 2 N–H and O–H groups in total. The Hall–Kier alpha value is -3.08. The van der Waals surface area contributed by atoms with Gasteiger partial charge in [-0.1, -0.05) is 50.2 Å². The number of pyridine rings is 1. The van der Waals surface area contributed by atoms with Crippen LogP contribution in [0.3, 0.4) is 0 Å². The normalized spacial score (nSPS) is 11.6. The Balaban J connectivity index is 1.97. The van der Waals surface area contributed by atoms with Crippen molar-refractivity contribution in [2.24, 2.45) is 5.92 Å². The van der Waals surface area contributed by atoms with Crippen LogP contribution in [-0.2, 0) is 13.0 Å². The van der Waals surface area contributed by atoms with Crippen LogP contribution in [0.4, 0.5) is 5.82 Å². The molecule has 0 saturated carbocycles. The average Bonchev–Trinajstić information content (AvgIpc) is 3.01. The molecule has 4 rings (SSSR count). The van der Waals surface area contributed by atoms with Crippen LogP contribution in [0, 0.1) is 5.92 Å². The second-order valence-corrected chi connectivity index (χ2v) is 7.23. The number of imidazole rings is 1. The Morgan fingerprint density at radius 1 is 1.04 bits per heavy atom. The summed E-state index contributed by atoms with van der Waals surface area (Å²) >= 11 is 0. The van der Waals surface area contributed by atoms with Gasteiger partial charge in [-0.2, -0.15) is 0 Å². The van der Waals surface area contributed by atoms with E-state index < -0.39 is 0 Å². The third-order valence-electron chi connectivity index (χ3n) is 4.78. The van der Waals surface area contributed by atoms with Crippen molar-refractivity contribution >= 4 is 27.8 Å². The smallest absolute Gasteiger partial charge is 0.152 e. The fourth-order valence-corrected chi connectivity index (χ4v) is 3.62. The first-order valence-electron chi connectivity index (χ1n) is 9.23. The van der Waals surface area contributed by atoms with Gasteiger partial charge < -0.3 is 15.0 Å². The standard InChI is InChI=1S/C22H24N4O/c1-14(2)13-26-19(12-15-8-4-7-11-18(15)27-3)25-20-21(26)16-9-5-6-10-17(16)24-22(20)23/h4-11,14H,12-13H2,1-3H3,(H2,23,24). The van der Waals surface area contributed by atoms with Gasteiger partial charge in [-0.05, 0) is 18.1 Å².